The Hall–Kier alpha value is -3.62. The second kappa shape index (κ2) is 11.6. The standard InChI is InChI=1S/C29H26Cl2FN3O4/c30-21-16-24(31)26(25(32)17-21)27(36)33-22-6-2-18(3-7-22)19-10-13-34(14-11-19)28(37)20-4-8-23(9-5-20)35-12-1-15-39-29(35)38/h2-9,16-17,19H,1,10-15H2,(H,33,36). The number of cyclic esters (lactones) is 1. The number of carbonyl (C=O) groups is 3. The molecule has 202 valence electrons. The monoisotopic (exact) mass is 569 g/mol. The van der Waals surface area contributed by atoms with E-state index in [1.54, 1.807) is 41.3 Å². The lowest BCUT2D eigenvalue weighted by molar-refractivity contribution is 0.0713. The number of halogens is 3. The van der Waals surface area contributed by atoms with Gasteiger partial charge in [-0.2, -0.15) is 0 Å². The van der Waals surface area contributed by atoms with Crippen molar-refractivity contribution >= 4 is 52.5 Å². The molecule has 1 N–H and O–H groups in total. The molecule has 0 bridgehead atoms. The van der Waals surface area contributed by atoms with Crippen molar-refractivity contribution in [2.45, 2.75) is 25.2 Å². The van der Waals surface area contributed by atoms with E-state index in [0.717, 1.165) is 36.6 Å². The zero-order valence-corrected chi connectivity index (χ0v) is 22.5. The predicted molar refractivity (Wildman–Crippen MR) is 148 cm³/mol. The highest BCUT2D eigenvalue weighted by molar-refractivity contribution is 6.37. The van der Waals surface area contributed by atoms with Crippen molar-refractivity contribution in [3.8, 4) is 0 Å². The van der Waals surface area contributed by atoms with E-state index in [1.165, 1.54) is 6.07 Å². The number of nitrogens with zero attached hydrogens (tertiary/aromatic N) is 2. The third-order valence-electron chi connectivity index (χ3n) is 7.05. The molecule has 0 aromatic heterocycles. The molecule has 0 aliphatic carbocycles. The minimum atomic E-state index is -0.787. The van der Waals surface area contributed by atoms with Gasteiger partial charge in [0.05, 0.1) is 17.2 Å². The van der Waals surface area contributed by atoms with Gasteiger partial charge < -0.3 is 15.0 Å². The maximum atomic E-state index is 14.2. The lowest BCUT2D eigenvalue weighted by atomic mass is 9.89. The molecule has 2 fully saturated rings. The number of benzene rings is 3. The van der Waals surface area contributed by atoms with E-state index in [9.17, 15) is 18.8 Å². The van der Waals surface area contributed by atoms with E-state index >= 15 is 0 Å². The summed E-state index contributed by atoms with van der Waals surface area (Å²) in [6.45, 7) is 2.28. The van der Waals surface area contributed by atoms with Crippen LogP contribution in [0.15, 0.2) is 60.7 Å². The van der Waals surface area contributed by atoms with Crippen molar-refractivity contribution in [1.29, 1.82) is 0 Å². The normalized spacial score (nSPS) is 16.1. The highest BCUT2D eigenvalue weighted by atomic mass is 35.5. The number of rotatable bonds is 5. The molecule has 3 amide bonds. The predicted octanol–water partition coefficient (Wildman–Crippen LogP) is 6.75. The van der Waals surface area contributed by atoms with Crippen molar-refractivity contribution in [1.82, 2.24) is 4.90 Å². The molecule has 7 nitrogen and oxygen atoms in total. The molecule has 39 heavy (non-hydrogen) atoms. The van der Waals surface area contributed by atoms with Crippen molar-refractivity contribution in [2.24, 2.45) is 0 Å². The quantitative estimate of drug-likeness (QED) is 0.368. The van der Waals surface area contributed by atoms with Crippen LogP contribution in [0, 0.1) is 5.82 Å². The molecule has 2 heterocycles. The largest absolute Gasteiger partial charge is 0.449 e. The summed E-state index contributed by atoms with van der Waals surface area (Å²) in [6, 6.07) is 16.8. The number of hydrogen-bond donors (Lipinski definition) is 1. The maximum absolute atomic E-state index is 14.2. The van der Waals surface area contributed by atoms with E-state index < -0.39 is 11.7 Å². The number of likely N-dealkylation sites (tertiary alicyclic amines) is 1. The van der Waals surface area contributed by atoms with Crippen LogP contribution in [0.5, 0.6) is 0 Å². The van der Waals surface area contributed by atoms with E-state index in [-0.39, 0.29) is 33.5 Å². The molecule has 2 saturated heterocycles. The second-order valence-electron chi connectivity index (χ2n) is 9.55. The van der Waals surface area contributed by atoms with Crippen LogP contribution >= 0.6 is 23.2 Å². The highest BCUT2D eigenvalue weighted by Gasteiger charge is 2.26. The van der Waals surface area contributed by atoms with Crippen LogP contribution in [-0.4, -0.2) is 49.0 Å². The van der Waals surface area contributed by atoms with E-state index in [1.807, 2.05) is 17.0 Å². The minimum absolute atomic E-state index is 0.0348. The van der Waals surface area contributed by atoms with Crippen LogP contribution in [0.25, 0.3) is 0 Å². The Balaban J connectivity index is 1.15. The van der Waals surface area contributed by atoms with Gasteiger partial charge >= 0.3 is 6.09 Å². The Morgan fingerprint density at radius 1 is 0.949 bits per heavy atom. The molecule has 2 aliphatic rings. The molecule has 3 aromatic carbocycles. The van der Waals surface area contributed by atoms with Crippen LogP contribution < -0.4 is 10.2 Å². The fraction of sp³-hybridized carbons (Fsp3) is 0.276. The highest BCUT2D eigenvalue weighted by Crippen LogP contribution is 2.31. The summed E-state index contributed by atoms with van der Waals surface area (Å²) in [4.78, 5) is 41.0. The molecule has 0 unspecified atom stereocenters. The first kappa shape index (κ1) is 27.0. The van der Waals surface area contributed by atoms with Crippen LogP contribution in [0.4, 0.5) is 20.6 Å². The number of ether oxygens (including phenoxy) is 1. The Labute approximate surface area is 235 Å². The summed E-state index contributed by atoms with van der Waals surface area (Å²) in [5.74, 6) is -1.20. The molecule has 3 aromatic rings. The van der Waals surface area contributed by atoms with Gasteiger partial charge in [-0.25, -0.2) is 9.18 Å². The van der Waals surface area contributed by atoms with Crippen LogP contribution in [0.3, 0.4) is 0 Å². The van der Waals surface area contributed by atoms with Gasteiger partial charge in [0, 0.05) is 41.6 Å². The smallest absolute Gasteiger partial charge is 0.414 e. The van der Waals surface area contributed by atoms with E-state index in [0.29, 0.717) is 37.5 Å². The molecule has 0 atom stereocenters. The van der Waals surface area contributed by atoms with Gasteiger partial charge in [0.2, 0.25) is 0 Å². The number of carbonyl (C=O) groups excluding carboxylic acids is 3. The molecule has 5 rings (SSSR count). The van der Waals surface area contributed by atoms with Gasteiger partial charge in [0.25, 0.3) is 11.8 Å². The number of hydrogen-bond acceptors (Lipinski definition) is 4. The Morgan fingerprint density at radius 2 is 1.64 bits per heavy atom. The zero-order chi connectivity index (χ0) is 27.5. The summed E-state index contributed by atoms with van der Waals surface area (Å²) >= 11 is 11.8. The molecule has 2 aliphatic heterocycles. The van der Waals surface area contributed by atoms with Crippen molar-refractivity contribution in [3.05, 3.63) is 93.2 Å². The first-order valence-corrected chi connectivity index (χ1v) is 13.5. The average molecular weight is 570 g/mol. The lowest BCUT2D eigenvalue weighted by Gasteiger charge is -2.32. The summed E-state index contributed by atoms with van der Waals surface area (Å²) in [5.41, 5.74) is 2.67. The van der Waals surface area contributed by atoms with Gasteiger partial charge in [0.15, 0.2) is 0 Å². The summed E-state index contributed by atoms with van der Waals surface area (Å²) in [7, 11) is 0. The van der Waals surface area contributed by atoms with E-state index in [2.05, 4.69) is 5.32 Å². The summed E-state index contributed by atoms with van der Waals surface area (Å²) < 4.78 is 19.3. The molecule has 0 spiro atoms. The van der Waals surface area contributed by atoms with Crippen LogP contribution in [0.2, 0.25) is 10.0 Å². The van der Waals surface area contributed by atoms with Crippen molar-refractivity contribution < 1.29 is 23.5 Å². The van der Waals surface area contributed by atoms with E-state index in [4.69, 9.17) is 27.9 Å². The third kappa shape index (κ3) is 6.02. The molecule has 0 saturated carbocycles. The third-order valence-corrected chi connectivity index (χ3v) is 7.57. The first-order valence-electron chi connectivity index (χ1n) is 12.7. The zero-order valence-electron chi connectivity index (χ0n) is 21.0. The number of nitrogens with one attached hydrogen (secondary N) is 1. The Morgan fingerprint density at radius 3 is 2.28 bits per heavy atom. The molecular weight excluding hydrogens is 544 g/mol. The van der Waals surface area contributed by atoms with Crippen LogP contribution in [0.1, 0.15) is 51.5 Å². The Kier molecular flexibility index (Phi) is 8.04. The van der Waals surface area contributed by atoms with Gasteiger partial charge in [-0.1, -0.05) is 35.3 Å². The fourth-order valence-corrected chi connectivity index (χ4v) is 5.51. The van der Waals surface area contributed by atoms with Crippen molar-refractivity contribution in [2.75, 3.05) is 36.5 Å². The molecule has 0 radical (unpaired) electrons. The number of anilines is 2. The molecular formula is C29H26Cl2FN3O4. The van der Waals surface area contributed by atoms with Gasteiger partial charge in [-0.15, -0.1) is 0 Å². The minimum Gasteiger partial charge on any atom is -0.449 e. The van der Waals surface area contributed by atoms with Crippen molar-refractivity contribution in [3.63, 3.8) is 0 Å². The Bertz CT molecular complexity index is 1370. The SMILES string of the molecule is O=C(Nc1ccc(C2CCN(C(=O)c3ccc(N4CCCOC4=O)cc3)CC2)cc1)c1c(F)cc(Cl)cc1Cl. The van der Waals surface area contributed by atoms with Gasteiger partial charge in [-0.3, -0.25) is 14.5 Å². The summed E-state index contributed by atoms with van der Waals surface area (Å²) in [5, 5.41) is 2.73. The van der Waals surface area contributed by atoms with Gasteiger partial charge in [0.1, 0.15) is 5.82 Å². The lowest BCUT2D eigenvalue weighted by Crippen LogP contribution is -2.38. The average Bonchev–Trinajstić information content (AvgIpc) is 2.93. The number of amides is 3. The second-order valence-corrected chi connectivity index (χ2v) is 10.4. The van der Waals surface area contributed by atoms with Gasteiger partial charge in [-0.05, 0) is 79.3 Å². The fourth-order valence-electron chi connectivity index (χ4n) is 4.96. The first-order chi connectivity index (χ1) is 18.8. The molecule has 10 heteroatoms. The maximum Gasteiger partial charge on any atom is 0.414 e. The topological polar surface area (TPSA) is 79.0 Å². The van der Waals surface area contributed by atoms with Crippen LogP contribution in [-0.2, 0) is 4.74 Å². The number of piperidine rings is 1. The summed E-state index contributed by atoms with van der Waals surface area (Å²) in [6.07, 6.45) is 2.02.